The van der Waals surface area contributed by atoms with Crippen LogP contribution in [0.5, 0.6) is 0 Å². The van der Waals surface area contributed by atoms with Crippen molar-refractivity contribution >= 4 is 45.8 Å². The second-order valence-electron chi connectivity index (χ2n) is 14.1. The summed E-state index contributed by atoms with van der Waals surface area (Å²) in [6.07, 6.45) is 4.25. The van der Waals surface area contributed by atoms with Gasteiger partial charge in [-0.15, -0.1) is 0 Å². The molecule has 2 fully saturated rings. The van der Waals surface area contributed by atoms with E-state index in [0.717, 1.165) is 50.3 Å². The number of H-pyrrole nitrogens is 1. The van der Waals surface area contributed by atoms with Gasteiger partial charge in [0.05, 0.1) is 16.8 Å². The molecule has 0 radical (unpaired) electrons. The Morgan fingerprint density at radius 1 is 0.962 bits per heavy atom. The Morgan fingerprint density at radius 2 is 1.75 bits per heavy atom. The van der Waals surface area contributed by atoms with E-state index < -0.39 is 11.6 Å². The summed E-state index contributed by atoms with van der Waals surface area (Å²) in [5.41, 5.74) is 5.22. The van der Waals surface area contributed by atoms with Gasteiger partial charge in [0.1, 0.15) is 17.1 Å². The number of hydrogen-bond donors (Lipinski definition) is 2. The van der Waals surface area contributed by atoms with Gasteiger partial charge in [0, 0.05) is 66.8 Å². The van der Waals surface area contributed by atoms with Crippen molar-refractivity contribution in [1.82, 2.24) is 15.0 Å². The minimum atomic E-state index is -0.522. The number of furan rings is 1. The van der Waals surface area contributed by atoms with Crippen LogP contribution in [0.15, 0.2) is 89.5 Å². The highest BCUT2D eigenvalue weighted by Crippen LogP contribution is 2.43. The zero-order valence-electron chi connectivity index (χ0n) is 28.9. The number of benzene rings is 3. The first kappa shape index (κ1) is 32.7. The van der Waals surface area contributed by atoms with E-state index >= 15 is 0 Å². The summed E-state index contributed by atoms with van der Waals surface area (Å²) in [6, 6.07) is 22.3. The van der Waals surface area contributed by atoms with Crippen LogP contribution in [0.3, 0.4) is 0 Å². The zero-order valence-corrected chi connectivity index (χ0v) is 28.9. The number of imidazole rings is 1. The van der Waals surface area contributed by atoms with Gasteiger partial charge in [0.2, 0.25) is 0 Å². The van der Waals surface area contributed by atoms with Gasteiger partial charge in [-0.1, -0.05) is 18.2 Å². The number of amides is 2. The van der Waals surface area contributed by atoms with E-state index in [4.69, 9.17) is 9.15 Å². The highest BCUT2D eigenvalue weighted by molar-refractivity contribution is 6.11. The molecule has 2 N–H and O–H groups in total. The molecule has 11 nitrogen and oxygen atoms in total. The predicted octanol–water partition coefficient (Wildman–Crippen LogP) is 6.97. The first-order valence-corrected chi connectivity index (χ1v) is 17.7. The second kappa shape index (κ2) is 12.8. The molecule has 2 saturated heterocycles. The first-order chi connectivity index (χ1) is 25.7. The van der Waals surface area contributed by atoms with Crippen LogP contribution in [0, 0.1) is 18.2 Å². The van der Waals surface area contributed by atoms with E-state index in [1.54, 1.807) is 53.6 Å². The van der Waals surface area contributed by atoms with Crippen molar-refractivity contribution in [3.63, 3.8) is 0 Å². The van der Waals surface area contributed by atoms with Crippen LogP contribution in [-0.2, 0) is 11.2 Å². The fourth-order valence-corrected chi connectivity index (χ4v) is 7.71. The number of pyridine rings is 1. The SMILES string of the molecule is Cc1cnc(N2CC3(CCOCC3)C2)c(C(=O)Nc2ccc(C(=O)N3CCc4cc(C(=O)c5nc6c(F)cccc6[nH]5)oc4-c4ccccc43)cc2)c1. The lowest BCUT2D eigenvalue weighted by atomic mass is 9.73. The Morgan fingerprint density at radius 3 is 2.55 bits per heavy atom. The standard InChI is InChI=1S/C41H35FN6O5/c1-24-19-29(38(43-21-24)47-22-41(23-47)14-17-52-18-15-41)39(50)44-27-11-9-25(10-12-27)40(51)48-16-13-26-20-33(53-36(26)28-5-2-3-8-32(28)48)35(49)37-45-31-7-4-6-30(42)34(31)46-37/h2-12,19-21H,13-18,22-23H2,1H3,(H,44,50)(H,45,46). The molecule has 6 aromatic rings. The van der Waals surface area contributed by atoms with Gasteiger partial charge >= 0.3 is 0 Å². The van der Waals surface area contributed by atoms with Crippen molar-refractivity contribution in [2.45, 2.75) is 26.2 Å². The third kappa shape index (κ3) is 5.84. The Labute approximate surface area is 303 Å². The number of carbonyl (C=O) groups is 3. The summed E-state index contributed by atoms with van der Waals surface area (Å²) in [6.45, 7) is 5.51. The van der Waals surface area contributed by atoms with E-state index in [1.807, 2.05) is 37.3 Å². The number of anilines is 3. The Kier molecular flexibility index (Phi) is 7.92. The molecule has 0 unspecified atom stereocenters. The van der Waals surface area contributed by atoms with Crippen LogP contribution in [0.2, 0.25) is 0 Å². The molecular weight excluding hydrogens is 675 g/mol. The summed E-state index contributed by atoms with van der Waals surface area (Å²) in [7, 11) is 0. The number of nitrogens with zero attached hydrogens (tertiary/aromatic N) is 4. The van der Waals surface area contributed by atoms with E-state index in [1.165, 1.54) is 6.07 Å². The molecule has 266 valence electrons. The average molecular weight is 711 g/mol. The van der Waals surface area contributed by atoms with Gasteiger partial charge in [-0.3, -0.25) is 14.4 Å². The molecule has 12 heteroatoms. The Hall–Kier alpha value is -6.14. The van der Waals surface area contributed by atoms with Gasteiger partial charge in [-0.05, 0) is 92.4 Å². The van der Waals surface area contributed by atoms with Crippen molar-refractivity contribution in [1.29, 1.82) is 0 Å². The Bertz CT molecular complexity index is 2420. The summed E-state index contributed by atoms with van der Waals surface area (Å²) >= 11 is 0. The number of hydrogen-bond acceptors (Lipinski definition) is 8. The van der Waals surface area contributed by atoms with Crippen molar-refractivity contribution in [3.8, 4) is 11.3 Å². The molecule has 3 aliphatic heterocycles. The predicted molar refractivity (Wildman–Crippen MR) is 197 cm³/mol. The van der Waals surface area contributed by atoms with Crippen LogP contribution in [0.4, 0.5) is 21.6 Å². The monoisotopic (exact) mass is 710 g/mol. The van der Waals surface area contributed by atoms with Crippen LogP contribution in [-0.4, -0.2) is 65.4 Å². The minimum absolute atomic E-state index is 0.0191. The van der Waals surface area contributed by atoms with E-state index in [-0.39, 0.29) is 34.3 Å². The topological polar surface area (TPSA) is 134 Å². The number of ether oxygens (including phenoxy) is 1. The van der Waals surface area contributed by atoms with Crippen molar-refractivity contribution in [2.75, 3.05) is 48.0 Å². The molecule has 9 rings (SSSR count). The third-order valence-corrected chi connectivity index (χ3v) is 10.5. The number of ketones is 1. The van der Waals surface area contributed by atoms with Gasteiger partial charge in [0.25, 0.3) is 17.6 Å². The number of nitrogens with one attached hydrogen (secondary N) is 2. The molecule has 0 bridgehead atoms. The van der Waals surface area contributed by atoms with Crippen molar-refractivity contribution in [3.05, 3.63) is 125 Å². The second-order valence-corrected chi connectivity index (χ2v) is 14.1. The van der Waals surface area contributed by atoms with Crippen molar-refractivity contribution < 1.29 is 27.9 Å². The molecule has 53 heavy (non-hydrogen) atoms. The number of halogens is 1. The van der Waals surface area contributed by atoms with Crippen LogP contribution >= 0.6 is 0 Å². The van der Waals surface area contributed by atoms with Crippen LogP contribution in [0.1, 0.15) is 61.1 Å². The molecule has 0 aliphatic carbocycles. The lowest BCUT2D eigenvalue weighted by Gasteiger charge is -2.53. The molecule has 6 heterocycles. The van der Waals surface area contributed by atoms with E-state index in [2.05, 4.69) is 25.2 Å². The lowest BCUT2D eigenvalue weighted by Crippen LogP contribution is -2.59. The normalized spacial score (nSPS) is 16.1. The van der Waals surface area contributed by atoms with Gasteiger partial charge in [-0.2, -0.15) is 0 Å². The summed E-state index contributed by atoms with van der Waals surface area (Å²) in [5.74, 6) is -0.272. The highest BCUT2D eigenvalue weighted by Gasteiger charge is 2.45. The maximum Gasteiger partial charge on any atom is 0.263 e. The molecule has 3 aliphatic rings. The molecule has 1 spiro atoms. The average Bonchev–Trinajstić information content (AvgIpc) is 3.77. The number of fused-ring (bicyclic) bond motifs is 4. The summed E-state index contributed by atoms with van der Waals surface area (Å²) in [4.78, 5) is 56.6. The Balaban J connectivity index is 0.919. The fraction of sp³-hybridized carbons (Fsp3) is 0.244. The fourth-order valence-electron chi connectivity index (χ4n) is 7.71. The highest BCUT2D eigenvalue weighted by atomic mass is 19.1. The maximum absolute atomic E-state index is 14.3. The number of carbonyl (C=O) groups excluding carboxylic acids is 3. The number of aromatic nitrogens is 3. The minimum Gasteiger partial charge on any atom is -0.452 e. The largest absolute Gasteiger partial charge is 0.452 e. The molecular formula is C41H35FN6O5. The number of rotatable bonds is 6. The van der Waals surface area contributed by atoms with Crippen LogP contribution in [0.25, 0.3) is 22.4 Å². The van der Waals surface area contributed by atoms with E-state index in [0.29, 0.717) is 58.1 Å². The number of aromatic amines is 1. The van der Waals surface area contributed by atoms with Gasteiger partial charge < -0.3 is 29.3 Å². The number of aryl methyl sites for hydroxylation is 1. The molecule has 3 aromatic heterocycles. The van der Waals surface area contributed by atoms with Gasteiger partial charge in [-0.25, -0.2) is 14.4 Å². The van der Waals surface area contributed by atoms with Crippen LogP contribution < -0.4 is 15.1 Å². The summed E-state index contributed by atoms with van der Waals surface area (Å²) in [5, 5.41) is 3.00. The maximum atomic E-state index is 14.3. The third-order valence-electron chi connectivity index (χ3n) is 10.5. The molecule has 0 atom stereocenters. The molecule has 3 aromatic carbocycles. The lowest BCUT2D eigenvalue weighted by molar-refractivity contribution is -0.000511. The zero-order chi connectivity index (χ0) is 36.3. The first-order valence-electron chi connectivity index (χ1n) is 17.7. The molecule has 0 saturated carbocycles. The summed E-state index contributed by atoms with van der Waals surface area (Å²) < 4.78 is 26.0. The van der Waals surface area contributed by atoms with Crippen molar-refractivity contribution in [2.24, 2.45) is 5.41 Å². The smallest absolute Gasteiger partial charge is 0.263 e. The van der Waals surface area contributed by atoms with Gasteiger partial charge in [0.15, 0.2) is 17.4 Å². The quantitative estimate of drug-likeness (QED) is 0.177. The van der Waals surface area contributed by atoms with E-state index in [9.17, 15) is 18.8 Å². The molecule has 2 amide bonds. The number of para-hydroxylation sites is 2.